The van der Waals surface area contributed by atoms with Crippen LogP contribution >= 0.6 is 0 Å². The van der Waals surface area contributed by atoms with E-state index in [0.717, 1.165) is 6.42 Å². The second-order valence-electron chi connectivity index (χ2n) is 3.11. The van der Waals surface area contributed by atoms with Gasteiger partial charge in [0.25, 0.3) is 0 Å². The number of aliphatic carboxylic acids is 1. The molecule has 0 heterocycles. The molecule has 1 rings (SSSR count). The topological polar surface area (TPSA) is 54.4 Å². The molecule has 3 heteroatoms. The van der Waals surface area contributed by atoms with Crippen LogP contribution in [0, 0.1) is 5.41 Å². The number of hydrogen-bond acceptors (Lipinski definition) is 2. The highest BCUT2D eigenvalue weighted by atomic mass is 16.4. The van der Waals surface area contributed by atoms with Gasteiger partial charge in [0, 0.05) is 0 Å². The highest BCUT2D eigenvalue weighted by Gasteiger charge is 2.45. The summed E-state index contributed by atoms with van der Waals surface area (Å²) >= 11 is 0. The summed E-state index contributed by atoms with van der Waals surface area (Å²) < 4.78 is 0. The predicted octanol–water partition coefficient (Wildman–Crippen LogP) is 2.41. The van der Waals surface area contributed by atoms with Crippen molar-refractivity contribution < 1.29 is 14.7 Å². The average molecular weight is 198 g/mol. The first kappa shape index (κ1) is 12.9. The fraction of sp³-hybridized carbons (Fsp3) is 0.636. The second kappa shape index (κ2) is 5.58. The van der Waals surface area contributed by atoms with Crippen LogP contribution < -0.4 is 0 Å². The molecule has 1 unspecified atom stereocenters. The Bertz CT molecular complexity index is 243. The third-order valence-electron chi connectivity index (χ3n) is 2.29. The van der Waals surface area contributed by atoms with Crippen molar-refractivity contribution in [3.8, 4) is 0 Å². The largest absolute Gasteiger partial charge is 0.480 e. The minimum absolute atomic E-state index is 0.253. The van der Waals surface area contributed by atoms with Gasteiger partial charge in [0.2, 0.25) is 0 Å². The van der Waals surface area contributed by atoms with Gasteiger partial charge in [0.15, 0.2) is 5.78 Å². The molecule has 1 aliphatic carbocycles. The van der Waals surface area contributed by atoms with Gasteiger partial charge in [-0.3, -0.25) is 9.59 Å². The highest BCUT2D eigenvalue weighted by Crippen LogP contribution is 2.35. The van der Waals surface area contributed by atoms with E-state index in [-0.39, 0.29) is 5.78 Å². The first-order chi connectivity index (χ1) is 6.63. The Morgan fingerprint density at radius 3 is 2.43 bits per heavy atom. The fourth-order valence-corrected chi connectivity index (χ4v) is 1.58. The van der Waals surface area contributed by atoms with E-state index < -0.39 is 11.4 Å². The van der Waals surface area contributed by atoms with Gasteiger partial charge in [-0.25, -0.2) is 0 Å². The third kappa shape index (κ3) is 2.22. The van der Waals surface area contributed by atoms with Crippen LogP contribution in [0.5, 0.6) is 0 Å². The Morgan fingerprint density at radius 1 is 1.57 bits per heavy atom. The summed E-state index contributed by atoms with van der Waals surface area (Å²) in [4.78, 5) is 22.1. The summed E-state index contributed by atoms with van der Waals surface area (Å²) in [6, 6.07) is 0. The maximum atomic E-state index is 11.3. The molecule has 1 atom stereocenters. The van der Waals surface area contributed by atoms with Crippen LogP contribution in [0.3, 0.4) is 0 Å². The van der Waals surface area contributed by atoms with E-state index >= 15 is 0 Å². The van der Waals surface area contributed by atoms with Crippen LogP contribution in [-0.4, -0.2) is 16.9 Å². The van der Waals surface area contributed by atoms with Crippen molar-refractivity contribution in [2.24, 2.45) is 5.41 Å². The van der Waals surface area contributed by atoms with E-state index in [4.69, 9.17) is 5.11 Å². The molecule has 1 aliphatic rings. The highest BCUT2D eigenvalue weighted by molar-refractivity contribution is 6.10. The van der Waals surface area contributed by atoms with Gasteiger partial charge < -0.3 is 5.11 Å². The normalized spacial score (nSPS) is 24.4. The van der Waals surface area contributed by atoms with Crippen molar-refractivity contribution in [2.45, 2.75) is 40.0 Å². The van der Waals surface area contributed by atoms with Crippen molar-refractivity contribution in [3.63, 3.8) is 0 Å². The van der Waals surface area contributed by atoms with Crippen molar-refractivity contribution in [2.75, 3.05) is 0 Å². The van der Waals surface area contributed by atoms with Crippen molar-refractivity contribution >= 4 is 11.8 Å². The Labute approximate surface area is 84.8 Å². The molecule has 0 bridgehead atoms. The van der Waals surface area contributed by atoms with Crippen LogP contribution in [-0.2, 0) is 9.59 Å². The molecule has 0 aromatic rings. The molecule has 0 spiro atoms. The quantitative estimate of drug-likeness (QED) is 0.708. The van der Waals surface area contributed by atoms with Gasteiger partial charge >= 0.3 is 5.97 Å². The van der Waals surface area contributed by atoms with Gasteiger partial charge in [-0.15, -0.1) is 0 Å². The molecule has 80 valence electrons. The number of rotatable bonds is 3. The Hall–Kier alpha value is -1.12. The number of hydrogen-bond donors (Lipinski definition) is 1. The smallest absolute Gasteiger partial charge is 0.317 e. The molecule has 0 amide bonds. The maximum absolute atomic E-state index is 11.3. The molecular formula is C11H18O3. The second-order valence-corrected chi connectivity index (χ2v) is 3.11. The SMILES string of the molecule is CC.CCCC1(C(=O)O)CC=CC1=O. The zero-order valence-corrected chi connectivity index (χ0v) is 9.04. The number of carboxylic acids is 1. The monoisotopic (exact) mass is 198 g/mol. The van der Waals surface area contributed by atoms with Crippen molar-refractivity contribution in [1.29, 1.82) is 0 Å². The average Bonchev–Trinajstić information content (AvgIpc) is 2.53. The van der Waals surface area contributed by atoms with Crippen LogP contribution in [0.4, 0.5) is 0 Å². The first-order valence-electron chi connectivity index (χ1n) is 5.08. The summed E-state index contributed by atoms with van der Waals surface area (Å²) in [6.07, 6.45) is 4.54. The molecule has 1 N–H and O–H groups in total. The Balaban J connectivity index is 0.000000791. The fourth-order valence-electron chi connectivity index (χ4n) is 1.58. The molecule has 0 aliphatic heterocycles. The summed E-state index contributed by atoms with van der Waals surface area (Å²) in [6.45, 7) is 5.89. The van der Waals surface area contributed by atoms with Crippen LogP contribution in [0.25, 0.3) is 0 Å². The number of carbonyl (C=O) groups is 2. The van der Waals surface area contributed by atoms with Gasteiger partial charge in [0.1, 0.15) is 5.41 Å². The van der Waals surface area contributed by atoms with Gasteiger partial charge in [0.05, 0.1) is 0 Å². The van der Waals surface area contributed by atoms with E-state index in [9.17, 15) is 9.59 Å². The lowest BCUT2D eigenvalue weighted by Gasteiger charge is -2.20. The van der Waals surface area contributed by atoms with E-state index in [1.807, 2.05) is 20.8 Å². The lowest BCUT2D eigenvalue weighted by molar-refractivity contribution is -0.153. The van der Waals surface area contributed by atoms with Gasteiger partial charge in [-0.1, -0.05) is 33.3 Å². The van der Waals surface area contributed by atoms with E-state index in [1.54, 1.807) is 6.08 Å². The number of allylic oxidation sites excluding steroid dienone is 2. The molecule has 0 saturated heterocycles. The third-order valence-corrected chi connectivity index (χ3v) is 2.29. The molecule has 14 heavy (non-hydrogen) atoms. The molecule has 0 radical (unpaired) electrons. The number of carbonyl (C=O) groups excluding carboxylic acids is 1. The zero-order valence-electron chi connectivity index (χ0n) is 9.04. The molecule has 0 aromatic heterocycles. The number of ketones is 1. The molecule has 0 fully saturated rings. The molecule has 3 nitrogen and oxygen atoms in total. The Kier molecular flexibility index (Phi) is 5.13. The lowest BCUT2D eigenvalue weighted by atomic mass is 9.80. The van der Waals surface area contributed by atoms with Crippen LogP contribution in [0.1, 0.15) is 40.0 Å². The summed E-state index contributed by atoms with van der Waals surface area (Å²) in [5.74, 6) is -1.24. The lowest BCUT2D eigenvalue weighted by Crippen LogP contribution is -2.35. The standard InChI is InChI=1S/C9H12O3.C2H6/c1-2-5-9(8(11)12)6-3-4-7(9)10;1-2/h3-4H,2,5-6H2,1H3,(H,11,12);1-2H3. The van der Waals surface area contributed by atoms with Gasteiger partial charge in [-0.05, 0) is 18.9 Å². The minimum atomic E-state index is -1.13. The first-order valence-corrected chi connectivity index (χ1v) is 5.08. The summed E-state index contributed by atoms with van der Waals surface area (Å²) in [5.41, 5.74) is -1.13. The predicted molar refractivity (Wildman–Crippen MR) is 55.1 cm³/mol. The Morgan fingerprint density at radius 2 is 2.14 bits per heavy atom. The minimum Gasteiger partial charge on any atom is -0.480 e. The molecule has 0 aromatic carbocycles. The summed E-state index contributed by atoms with van der Waals surface area (Å²) in [5, 5.41) is 8.90. The van der Waals surface area contributed by atoms with E-state index in [2.05, 4.69) is 0 Å². The number of carboxylic acid groups (broad SMARTS) is 1. The van der Waals surface area contributed by atoms with Gasteiger partial charge in [-0.2, -0.15) is 0 Å². The van der Waals surface area contributed by atoms with E-state index in [0.29, 0.717) is 12.8 Å². The van der Waals surface area contributed by atoms with E-state index in [1.165, 1.54) is 6.08 Å². The molecular weight excluding hydrogens is 180 g/mol. The zero-order chi connectivity index (χ0) is 11.2. The van der Waals surface area contributed by atoms with Crippen molar-refractivity contribution in [1.82, 2.24) is 0 Å². The van der Waals surface area contributed by atoms with Crippen LogP contribution in [0.2, 0.25) is 0 Å². The molecule has 0 saturated carbocycles. The van der Waals surface area contributed by atoms with Crippen LogP contribution in [0.15, 0.2) is 12.2 Å². The maximum Gasteiger partial charge on any atom is 0.317 e. The summed E-state index contributed by atoms with van der Waals surface area (Å²) in [7, 11) is 0. The van der Waals surface area contributed by atoms with Crippen molar-refractivity contribution in [3.05, 3.63) is 12.2 Å².